The van der Waals surface area contributed by atoms with E-state index >= 15 is 0 Å². The van der Waals surface area contributed by atoms with Gasteiger partial charge in [0.1, 0.15) is 5.52 Å². The Morgan fingerprint density at radius 3 is 3.11 bits per heavy atom. The SMILES string of the molecule is Cn1ncc2c(NC3CNC[C@H](O)C3)nnc(Cl)c21. The van der Waals surface area contributed by atoms with E-state index in [0.29, 0.717) is 23.9 Å². The predicted octanol–water partition coefficient (Wildman–Crippen LogP) is 0.151. The highest BCUT2D eigenvalue weighted by atomic mass is 35.5. The van der Waals surface area contributed by atoms with Crippen LogP contribution in [0.3, 0.4) is 0 Å². The van der Waals surface area contributed by atoms with Crippen molar-refractivity contribution in [3.8, 4) is 0 Å². The molecule has 1 aliphatic heterocycles. The van der Waals surface area contributed by atoms with Gasteiger partial charge in [-0.1, -0.05) is 11.6 Å². The number of hydrogen-bond donors (Lipinski definition) is 3. The fourth-order valence-corrected chi connectivity index (χ4v) is 2.64. The number of rotatable bonds is 2. The first-order valence-electron chi connectivity index (χ1n) is 6.14. The molecule has 0 spiro atoms. The molecule has 1 aliphatic rings. The van der Waals surface area contributed by atoms with Crippen molar-refractivity contribution < 1.29 is 5.11 Å². The molecule has 3 N–H and O–H groups in total. The smallest absolute Gasteiger partial charge is 0.177 e. The minimum absolute atomic E-state index is 0.114. The summed E-state index contributed by atoms with van der Waals surface area (Å²) in [6.45, 7) is 1.41. The van der Waals surface area contributed by atoms with Crippen LogP contribution in [-0.2, 0) is 7.05 Å². The Morgan fingerprint density at radius 1 is 1.47 bits per heavy atom. The number of β-amino-alcohol motifs (C(OH)–C–C–N with tert-alkyl or cyclic N) is 1. The number of aliphatic hydroxyl groups is 1. The van der Waals surface area contributed by atoms with Crippen LogP contribution in [0.5, 0.6) is 0 Å². The Balaban J connectivity index is 1.91. The molecule has 1 saturated heterocycles. The number of aromatic nitrogens is 4. The zero-order valence-corrected chi connectivity index (χ0v) is 11.2. The molecule has 2 aromatic rings. The Morgan fingerprint density at radius 2 is 2.32 bits per heavy atom. The number of fused-ring (bicyclic) bond motifs is 1. The monoisotopic (exact) mass is 282 g/mol. The van der Waals surface area contributed by atoms with Crippen molar-refractivity contribution in [2.75, 3.05) is 18.4 Å². The summed E-state index contributed by atoms with van der Waals surface area (Å²) in [4.78, 5) is 0. The van der Waals surface area contributed by atoms with Crippen molar-refractivity contribution >= 4 is 28.3 Å². The van der Waals surface area contributed by atoms with Crippen LogP contribution in [-0.4, -0.2) is 50.3 Å². The average molecular weight is 283 g/mol. The molecule has 8 heteroatoms. The van der Waals surface area contributed by atoms with Crippen LogP contribution < -0.4 is 10.6 Å². The first-order chi connectivity index (χ1) is 9.15. The van der Waals surface area contributed by atoms with Crippen LogP contribution in [0.25, 0.3) is 10.9 Å². The summed E-state index contributed by atoms with van der Waals surface area (Å²) in [7, 11) is 1.81. The molecule has 0 bridgehead atoms. The minimum atomic E-state index is -0.337. The van der Waals surface area contributed by atoms with Crippen LogP contribution in [0, 0.1) is 0 Å². The van der Waals surface area contributed by atoms with Gasteiger partial charge in [0.05, 0.1) is 17.7 Å². The van der Waals surface area contributed by atoms with Crippen LogP contribution in [0.15, 0.2) is 6.20 Å². The summed E-state index contributed by atoms with van der Waals surface area (Å²) in [5.41, 5.74) is 0.753. The van der Waals surface area contributed by atoms with Crippen molar-refractivity contribution in [2.24, 2.45) is 7.05 Å². The second kappa shape index (κ2) is 4.92. The number of anilines is 1. The zero-order valence-electron chi connectivity index (χ0n) is 10.5. The number of hydrogen-bond acceptors (Lipinski definition) is 6. The summed E-state index contributed by atoms with van der Waals surface area (Å²) in [5, 5.41) is 29.5. The lowest BCUT2D eigenvalue weighted by Crippen LogP contribution is -2.45. The van der Waals surface area contributed by atoms with Crippen molar-refractivity contribution in [2.45, 2.75) is 18.6 Å². The van der Waals surface area contributed by atoms with Gasteiger partial charge in [0.2, 0.25) is 0 Å². The normalized spacial score (nSPS) is 23.7. The highest BCUT2D eigenvalue weighted by Gasteiger charge is 2.21. The summed E-state index contributed by atoms with van der Waals surface area (Å²) < 4.78 is 1.67. The third kappa shape index (κ3) is 2.36. The van der Waals surface area contributed by atoms with Gasteiger partial charge in [0.25, 0.3) is 0 Å². The second-order valence-corrected chi connectivity index (χ2v) is 5.12. The Hall–Kier alpha value is -1.44. The molecule has 102 valence electrons. The maximum absolute atomic E-state index is 9.64. The second-order valence-electron chi connectivity index (χ2n) is 4.76. The van der Waals surface area contributed by atoms with E-state index in [2.05, 4.69) is 25.9 Å². The lowest BCUT2D eigenvalue weighted by atomic mass is 10.1. The van der Waals surface area contributed by atoms with Crippen molar-refractivity contribution in [3.05, 3.63) is 11.3 Å². The third-order valence-corrected chi connectivity index (χ3v) is 3.55. The molecule has 0 amide bonds. The molecule has 2 atom stereocenters. The fourth-order valence-electron chi connectivity index (χ4n) is 2.38. The van der Waals surface area contributed by atoms with Gasteiger partial charge in [0.15, 0.2) is 11.0 Å². The van der Waals surface area contributed by atoms with E-state index in [-0.39, 0.29) is 12.1 Å². The molecule has 0 aromatic carbocycles. The zero-order chi connectivity index (χ0) is 13.4. The van der Waals surface area contributed by atoms with Gasteiger partial charge in [-0.3, -0.25) is 4.68 Å². The van der Waals surface area contributed by atoms with Gasteiger partial charge >= 0.3 is 0 Å². The number of aliphatic hydroxyl groups excluding tert-OH is 1. The Labute approximate surface area is 115 Å². The van der Waals surface area contributed by atoms with Gasteiger partial charge in [-0.2, -0.15) is 5.10 Å². The number of nitrogens with one attached hydrogen (secondary N) is 2. The van der Waals surface area contributed by atoms with E-state index < -0.39 is 0 Å². The van der Waals surface area contributed by atoms with E-state index in [1.165, 1.54) is 0 Å². The van der Waals surface area contributed by atoms with Crippen LogP contribution in [0.2, 0.25) is 5.15 Å². The molecule has 19 heavy (non-hydrogen) atoms. The largest absolute Gasteiger partial charge is 0.392 e. The summed E-state index contributed by atoms with van der Waals surface area (Å²) >= 11 is 6.03. The molecule has 0 saturated carbocycles. The minimum Gasteiger partial charge on any atom is -0.392 e. The van der Waals surface area contributed by atoms with Crippen molar-refractivity contribution in [1.29, 1.82) is 0 Å². The number of aryl methyl sites for hydroxylation is 1. The fraction of sp³-hybridized carbons (Fsp3) is 0.545. The lowest BCUT2D eigenvalue weighted by molar-refractivity contribution is 0.136. The first kappa shape index (κ1) is 12.6. The van der Waals surface area contributed by atoms with E-state index in [1.807, 2.05) is 7.05 Å². The van der Waals surface area contributed by atoms with Crippen LogP contribution >= 0.6 is 11.6 Å². The molecule has 7 nitrogen and oxygen atoms in total. The van der Waals surface area contributed by atoms with Gasteiger partial charge in [0, 0.05) is 26.2 Å². The topological polar surface area (TPSA) is 87.9 Å². The number of nitrogens with zero attached hydrogens (tertiary/aromatic N) is 4. The lowest BCUT2D eigenvalue weighted by Gasteiger charge is -2.27. The standard InChI is InChI=1S/C11H15ClN6O/c1-18-9-8(5-14-18)11(17-16-10(9)12)15-6-2-7(19)4-13-3-6/h5-7,13,19H,2-4H2,1H3,(H,15,17)/t6?,7-/m1/s1. The van der Waals surface area contributed by atoms with Crippen molar-refractivity contribution in [3.63, 3.8) is 0 Å². The van der Waals surface area contributed by atoms with Crippen molar-refractivity contribution in [1.82, 2.24) is 25.3 Å². The quantitative estimate of drug-likeness (QED) is 0.727. The van der Waals surface area contributed by atoms with Gasteiger partial charge in [-0.05, 0) is 6.42 Å². The van der Waals surface area contributed by atoms with Gasteiger partial charge in [-0.15, -0.1) is 10.2 Å². The molecule has 1 fully saturated rings. The summed E-state index contributed by atoms with van der Waals surface area (Å²) in [5.74, 6) is 0.647. The van der Waals surface area contributed by atoms with E-state index in [4.69, 9.17) is 11.6 Å². The summed E-state index contributed by atoms with van der Waals surface area (Å²) in [6, 6.07) is 0.114. The highest BCUT2D eigenvalue weighted by Crippen LogP contribution is 2.26. The van der Waals surface area contributed by atoms with Gasteiger partial charge < -0.3 is 15.7 Å². The first-order valence-corrected chi connectivity index (χ1v) is 6.52. The molecule has 3 rings (SSSR count). The Bertz CT molecular complexity index is 600. The summed E-state index contributed by atoms with van der Waals surface area (Å²) in [6.07, 6.45) is 2.06. The molecule has 3 heterocycles. The number of piperidine rings is 1. The maximum Gasteiger partial charge on any atom is 0.177 e. The predicted molar refractivity (Wildman–Crippen MR) is 72.2 cm³/mol. The molecule has 0 aliphatic carbocycles. The van der Waals surface area contributed by atoms with E-state index in [0.717, 1.165) is 17.4 Å². The average Bonchev–Trinajstić information content (AvgIpc) is 2.76. The van der Waals surface area contributed by atoms with E-state index in [1.54, 1.807) is 10.9 Å². The highest BCUT2D eigenvalue weighted by molar-refractivity contribution is 6.34. The molecular formula is C11H15ClN6O. The molecule has 2 aromatic heterocycles. The molecular weight excluding hydrogens is 268 g/mol. The van der Waals surface area contributed by atoms with Crippen LogP contribution in [0.1, 0.15) is 6.42 Å². The van der Waals surface area contributed by atoms with Crippen LogP contribution in [0.4, 0.5) is 5.82 Å². The third-order valence-electron chi connectivity index (χ3n) is 3.30. The maximum atomic E-state index is 9.64. The van der Waals surface area contributed by atoms with E-state index in [9.17, 15) is 5.11 Å². The Kier molecular flexibility index (Phi) is 3.26. The number of halogens is 1. The van der Waals surface area contributed by atoms with Gasteiger partial charge in [-0.25, -0.2) is 0 Å². The molecule has 0 radical (unpaired) electrons. The molecule has 1 unspecified atom stereocenters.